The molecule has 1 N–H and O–H groups in total. The second-order valence-electron chi connectivity index (χ2n) is 5.75. The SMILES string of the molecule is Cc1cccc(NCC2CC3CCC2C3)c1F. The second-order valence-corrected chi connectivity index (χ2v) is 5.75. The van der Waals surface area contributed by atoms with Crippen LogP contribution in [0.4, 0.5) is 10.1 Å². The van der Waals surface area contributed by atoms with Gasteiger partial charge in [-0.3, -0.25) is 0 Å². The molecule has 0 heterocycles. The molecule has 2 bridgehead atoms. The molecule has 3 atom stereocenters. The van der Waals surface area contributed by atoms with E-state index in [1.807, 2.05) is 25.1 Å². The van der Waals surface area contributed by atoms with Crippen molar-refractivity contribution in [2.24, 2.45) is 17.8 Å². The lowest BCUT2D eigenvalue weighted by molar-refractivity contribution is 0.348. The van der Waals surface area contributed by atoms with E-state index in [9.17, 15) is 4.39 Å². The van der Waals surface area contributed by atoms with Gasteiger partial charge in [-0.15, -0.1) is 0 Å². The van der Waals surface area contributed by atoms with E-state index in [4.69, 9.17) is 0 Å². The van der Waals surface area contributed by atoms with Crippen LogP contribution in [0.25, 0.3) is 0 Å². The van der Waals surface area contributed by atoms with Crippen molar-refractivity contribution in [2.45, 2.75) is 32.6 Å². The first-order valence-corrected chi connectivity index (χ1v) is 6.73. The van der Waals surface area contributed by atoms with E-state index in [0.717, 1.165) is 29.9 Å². The van der Waals surface area contributed by atoms with E-state index in [2.05, 4.69) is 5.32 Å². The summed E-state index contributed by atoms with van der Waals surface area (Å²) < 4.78 is 13.8. The van der Waals surface area contributed by atoms with E-state index in [-0.39, 0.29) is 5.82 Å². The molecule has 2 aliphatic rings. The zero-order chi connectivity index (χ0) is 11.8. The minimum absolute atomic E-state index is 0.0874. The molecule has 1 aromatic carbocycles. The molecule has 2 heteroatoms. The van der Waals surface area contributed by atoms with Crippen LogP contribution in [0.1, 0.15) is 31.2 Å². The zero-order valence-corrected chi connectivity index (χ0v) is 10.4. The monoisotopic (exact) mass is 233 g/mol. The zero-order valence-electron chi connectivity index (χ0n) is 10.4. The lowest BCUT2D eigenvalue weighted by Gasteiger charge is -2.22. The third kappa shape index (κ3) is 2.05. The van der Waals surface area contributed by atoms with Gasteiger partial charge in [0.2, 0.25) is 0 Å². The molecular formula is C15H20FN. The molecule has 2 fully saturated rings. The molecule has 0 spiro atoms. The second kappa shape index (κ2) is 4.32. The van der Waals surface area contributed by atoms with Gasteiger partial charge in [0.05, 0.1) is 5.69 Å². The molecule has 2 saturated carbocycles. The van der Waals surface area contributed by atoms with Crippen molar-refractivity contribution in [3.63, 3.8) is 0 Å². The fourth-order valence-electron chi connectivity index (χ4n) is 3.65. The van der Waals surface area contributed by atoms with Crippen LogP contribution in [0.5, 0.6) is 0 Å². The molecule has 0 radical (unpaired) electrons. The number of anilines is 1. The van der Waals surface area contributed by atoms with Crippen LogP contribution in [0.3, 0.4) is 0 Å². The average Bonchev–Trinajstić information content (AvgIpc) is 2.93. The van der Waals surface area contributed by atoms with Crippen LogP contribution in [0, 0.1) is 30.5 Å². The number of halogens is 1. The summed E-state index contributed by atoms with van der Waals surface area (Å²) in [5.41, 5.74) is 1.40. The van der Waals surface area contributed by atoms with E-state index >= 15 is 0 Å². The standard InChI is InChI=1S/C15H20FN/c1-10-3-2-4-14(15(10)16)17-9-13-8-11-5-6-12(13)7-11/h2-4,11-13,17H,5-9H2,1H3. The van der Waals surface area contributed by atoms with E-state index in [1.165, 1.54) is 25.7 Å². The molecule has 1 nitrogen and oxygen atoms in total. The smallest absolute Gasteiger partial charge is 0.149 e. The molecule has 1 aromatic rings. The maximum Gasteiger partial charge on any atom is 0.149 e. The number of rotatable bonds is 3. The minimum Gasteiger partial charge on any atom is -0.382 e. The summed E-state index contributed by atoms with van der Waals surface area (Å²) in [7, 11) is 0. The van der Waals surface area contributed by atoms with Gasteiger partial charge in [-0.2, -0.15) is 0 Å². The van der Waals surface area contributed by atoms with E-state index in [0.29, 0.717) is 5.69 Å². The highest BCUT2D eigenvalue weighted by atomic mass is 19.1. The summed E-state index contributed by atoms with van der Waals surface area (Å²) in [5.74, 6) is 2.55. The van der Waals surface area contributed by atoms with Crippen molar-refractivity contribution < 1.29 is 4.39 Å². The third-order valence-electron chi connectivity index (χ3n) is 4.63. The van der Waals surface area contributed by atoms with Crippen molar-refractivity contribution in [1.29, 1.82) is 0 Å². The summed E-state index contributed by atoms with van der Waals surface area (Å²) in [4.78, 5) is 0. The molecule has 0 aliphatic heterocycles. The molecule has 0 aromatic heterocycles. The van der Waals surface area contributed by atoms with Crippen molar-refractivity contribution >= 4 is 5.69 Å². The highest BCUT2D eigenvalue weighted by Gasteiger charge is 2.39. The highest BCUT2D eigenvalue weighted by Crippen LogP contribution is 2.48. The maximum absolute atomic E-state index is 13.8. The Hall–Kier alpha value is -1.05. The largest absolute Gasteiger partial charge is 0.382 e. The number of hydrogen-bond donors (Lipinski definition) is 1. The lowest BCUT2D eigenvalue weighted by Crippen LogP contribution is -2.20. The summed E-state index contributed by atoms with van der Waals surface area (Å²) in [6.07, 6.45) is 5.60. The quantitative estimate of drug-likeness (QED) is 0.832. The summed E-state index contributed by atoms with van der Waals surface area (Å²) in [5, 5.41) is 3.31. The number of nitrogens with one attached hydrogen (secondary N) is 1. The fraction of sp³-hybridized carbons (Fsp3) is 0.600. The molecule has 3 unspecified atom stereocenters. The van der Waals surface area contributed by atoms with Crippen LogP contribution in [-0.4, -0.2) is 6.54 Å². The Bertz CT molecular complexity index is 415. The minimum atomic E-state index is -0.0874. The first kappa shape index (κ1) is 11.1. The van der Waals surface area contributed by atoms with E-state index in [1.54, 1.807) is 0 Å². The Morgan fingerprint density at radius 1 is 1.29 bits per heavy atom. The topological polar surface area (TPSA) is 12.0 Å². The van der Waals surface area contributed by atoms with E-state index < -0.39 is 0 Å². The summed E-state index contributed by atoms with van der Waals surface area (Å²) in [6.45, 7) is 2.76. The number of hydrogen-bond acceptors (Lipinski definition) is 1. The van der Waals surface area contributed by atoms with Gasteiger partial charge < -0.3 is 5.32 Å². The predicted molar refractivity (Wildman–Crippen MR) is 68.6 cm³/mol. The molecule has 17 heavy (non-hydrogen) atoms. The maximum atomic E-state index is 13.8. The molecule has 2 aliphatic carbocycles. The summed E-state index contributed by atoms with van der Waals surface area (Å²) in [6, 6.07) is 5.58. The van der Waals surface area contributed by atoms with Gasteiger partial charge in [0.15, 0.2) is 0 Å². The first-order valence-electron chi connectivity index (χ1n) is 6.73. The number of fused-ring (bicyclic) bond motifs is 2. The van der Waals surface area contributed by atoms with Gasteiger partial charge in [-0.25, -0.2) is 4.39 Å². The predicted octanol–water partition coefficient (Wildman–Crippen LogP) is 3.98. The van der Waals surface area contributed by atoms with Crippen molar-refractivity contribution in [3.05, 3.63) is 29.6 Å². The number of benzene rings is 1. The van der Waals surface area contributed by atoms with Crippen molar-refractivity contribution in [1.82, 2.24) is 0 Å². The van der Waals surface area contributed by atoms with Crippen molar-refractivity contribution in [3.8, 4) is 0 Å². The molecular weight excluding hydrogens is 213 g/mol. The Labute approximate surface area is 102 Å². The molecule has 0 saturated heterocycles. The molecule has 92 valence electrons. The molecule has 3 rings (SSSR count). The highest BCUT2D eigenvalue weighted by molar-refractivity contribution is 5.47. The van der Waals surface area contributed by atoms with Gasteiger partial charge in [0.1, 0.15) is 5.82 Å². The van der Waals surface area contributed by atoms with Gasteiger partial charge in [0, 0.05) is 6.54 Å². The Balaban J connectivity index is 1.62. The van der Waals surface area contributed by atoms with Gasteiger partial charge in [-0.1, -0.05) is 18.6 Å². The molecule has 0 amide bonds. The number of aryl methyl sites for hydroxylation is 1. The summed E-state index contributed by atoms with van der Waals surface area (Å²) >= 11 is 0. The van der Waals surface area contributed by atoms with Gasteiger partial charge in [0.25, 0.3) is 0 Å². The van der Waals surface area contributed by atoms with Crippen LogP contribution >= 0.6 is 0 Å². The first-order chi connectivity index (χ1) is 8.24. The van der Waals surface area contributed by atoms with Crippen LogP contribution in [-0.2, 0) is 0 Å². The normalized spacial score (nSPS) is 30.8. The Morgan fingerprint density at radius 3 is 2.88 bits per heavy atom. The van der Waals surface area contributed by atoms with Crippen LogP contribution < -0.4 is 5.32 Å². The fourth-order valence-corrected chi connectivity index (χ4v) is 3.65. The van der Waals surface area contributed by atoms with Crippen LogP contribution in [0.2, 0.25) is 0 Å². The van der Waals surface area contributed by atoms with Crippen molar-refractivity contribution in [2.75, 3.05) is 11.9 Å². The van der Waals surface area contributed by atoms with Gasteiger partial charge in [-0.05, 0) is 55.6 Å². The third-order valence-corrected chi connectivity index (χ3v) is 4.63. The van der Waals surface area contributed by atoms with Crippen LogP contribution in [0.15, 0.2) is 18.2 Å². The Kier molecular flexibility index (Phi) is 2.81. The van der Waals surface area contributed by atoms with Gasteiger partial charge >= 0.3 is 0 Å². The Morgan fingerprint density at radius 2 is 2.18 bits per heavy atom. The lowest BCUT2D eigenvalue weighted by atomic mass is 9.89. The average molecular weight is 233 g/mol.